The molecule has 0 unspecified atom stereocenters. The molecule has 0 amide bonds. The van der Waals surface area contributed by atoms with Gasteiger partial charge in [-0.15, -0.1) is 0 Å². The van der Waals surface area contributed by atoms with Gasteiger partial charge in [0.2, 0.25) is 0 Å². The fourth-order valence-electron chi connectivity index (χ4n) is 4.83. The average molecular weight is 683 g/mol. The zero-order valence-electron chi connectivity index (χ0n) is 29.7. The lowest BCUT2D eigenvalue weighted by atomic mass is 10.0. The van der Waals surface area contributed by atoms with E-state index in [9.17, 15) is 14.2 Å². The fourth-order valence-corrected chi connectivity index (χ4v) is 5.20. The maximum Gasteiger partial charge on any atom is 0.469 e. The van der Waals surface area contributed by atoms with Gasteiger partial charge >= 0.3 is 19.8 Å². The number of phosphoric ester groups is 1. The van der Waals surface area contributed by atoms with Gasteiger partial charge in [-0.1, -0.05) is 146 Å². The summed E-state index contributed by atoms with van der Waals surface area (Å²) in [5, 5.41) is 0. The Bertz CT molecular complexity index is 905. The topological polar surface area (TPSA) is 119 Å². The van der Waals surface area contributed by atoms with Crippen LogP contribution in [0.5, 0.6) is 0 Å². The Morgan fingerprint density at radius 2 is 0.979 bits per heavy atom. The van der Waals surface area contributed by atoms with Crippen molar-refractivity contribution in [1.29, 1.82) is 0 Å². The summed E-state index contributed by atoms with van der Waals surface area (Å²) in [6.45, 7) is 3.59. The summed E-state index contributed by atoms with van der Waals surface area (Å²) in [5.74, 6) is -0.952. The summed E-state index contributed by atoms with van der Waals surface area (Å²) in [7, 11) is -4.76. The number of phosphoric acid groups is 1. The van der Waals surface area contributed by atoms with Gasteiger partial charge in [0.1, 0.15) is 6.61 Å². The van der Waals surface area contributed by atoms with Crippen LogP contribution < -0.4 is 0 Å². The Labute approximate surface area is 286 Å². The van der Waals surface area contributed by atoms with E-state index < -0.39 is 32.5 Å². The van der Waals surface area contributed by atoms with E-state index in [-0.39, 0.29) is 19.4 Å². The average Bonchev–Trinajstić information content (AvgIpc) is 3.04. The van der Waals surface area contributed by atoms with E-state index in [0.29, 0.717) is 12.8 Å². The number of allylic oxidation sites excluding steroid dienone is 8. The molecule has 9 heteroatoms. The molecule has 0 radical (unpaired) electrons. The van der Waals surface area contributed by atoms with Crippen LogP contribution in [0.1, 0.15) is 162 Å². The molecule has 8 nitrogen and oxygen atoms in total. The third-order valence-electron chi connectivity index (χ3n) is 7.60. The van der Waals surface area contributed by atoms with E-state index >= 15 is 0 Å². The van der Waals surface area contributed by atoms with E-state index in [0.717, 1.165) is 44.9 Å². The van der Waals surface area contributed by atoms with Gasteiger partial charge in [0.15, 0.2) is 6.10 Å². The lowest BCUT2D eigenvalue weighted by Crippen LogP contribution is -2.29. The number of rotatable bonds is 33. The van der Waals surface area contributed by atoms with Gasteiger partial charge in [-0.2, -0.15) is 0 Å². The Morgan fingerprint density at radius 1 is 0.553 bits per heavy atom. The SMILES string of the molecule is CCCCC/C=C\C/C=C\C/C=C\C/C=C\CCCC(=O)OC[C@H](COP(=O)(O)O)OC(=O)CCCCCCCCCCCCCC. The normalized spacial score (nSPS) is 13.0. The fraction of sp³-hybridized carbons (Fsp3) is 0.737. The highest BCUT2D eigenvalue weighted by Crippen LogP contribution is 2.36. The molecule has 0 bridgehead atoms. The van der Waals surface area contributed by atoms with Crippen molar-refractivity contribution < 1.29 is 37.9 Å². The van der Waals surface area contributed by atoms with E-state index in [1.165, 1.54) is 77.0 Å². The van der Waals surface area contributed by atoms with Crippen molar-refractivity contribution in [2.75, 3.05) is 13.2 Å². The summed E-state index contributed by atoms with van der Waals surface area (Å²) >= 11 is 0. The smallest absolute Gasteiger partial charge is 0.462 e. The molecular formula is C38H67O8P. The number of hydrogen-bond donors (Lipinski definition) is 2. The van der Waals surface area contributed by atoms with Gasteiger partial charge < -0.3 is 19.3 Å². The minimum atomic E-state index is -4.76. The molecule has 0 saturated heterocycles. The third-order valence-corrected chi connectivity index (χ3v) is 8.09. The number of esters is 2. The molecule has 0 fully saturated rings. The summed E-state index contributed by atoms with van der Waals surface area (Å²) in [4.78, 5) is 42.6. The summed E-state index contributed by atoms with van der Waals surface area (Å²) in [6.07, 6.45) is 39.8. The van der Waals surface area contributed by atoms with E-state index in [1.54, 1.807) is 0 Å². The van der Waals surface area contributed by atoms with Crippen LogP contribution in [0.2, 0.25) is 0 Å². The number of hydrogen-bond acceptors (Lipinski definition) is 6. The molecule has 0 aromatic heterocycles. The maximum atomic E-state index is 12.3. The molecule has 0 spiro atoms. The molecule has 2 N–H and O–H groups in total. The Balaban J connectivity index is 4.08. The number of carbonyl (C=O) groups is 2. The molecule has 47 heavy (non-hydrogen) atoms. The van der Waals surface area contributed by atoms with Crippen molar-refractivity contribution in [2.24, 2.45) is 0 Å². The Morgan fingerprint density at radius 3 is 1.49 bits per heavy atom. The van der Waals surface area contributed by atoms with Gasteiger partial charge in [0.25, 0.3) is 0 Å². The predicted octanol–water partition coefficient (Wildman–Crippen LogP) is 10.8. The first-order chi connectivity index (χ1) is 22.8. The van der Waals surface area contributed by atoms with Crippen LogP contribution in [-0.2, 0) is 28.2 Å². The van der Waals surface area contributed by atoms with Gasteiger partial charge in [-0.05, 0) is 51.4 Å². The first-order valence-electron chi connectivity index (χ1n) is 18.4. The molecule has 0 saturated carbocycles. The summed E-state index contributed by atoms with van der Waals surface area (Å²) in [5.41, 5.74) is 0. The molecule has 0 aliphatic rings. The first kappa shape index (κ1) is 45.0. The van der Waals surface area contributed by atoms with Crippen molar-refractivity contribution >= 4 is 19.8 Å². The second-order valence-corrected chi connectivity index (χ2v) is 13.4. The maximum absolute atomic E-state index is 12.3. The van der Waals surface area contributed by atoms with Gasteiger partial charge in [-0.3, -0.25) is 14.1 Å². The van der Waals surface area contributed by atoms with Gasteiger partial charge in [0, 0.05) is 12.8 Å². The third kappa shape index (κ3) is 36.7. The Hall–Kier alpha value is -1.99. The van der Waals surface area contributed by atoms with Crippen molar-refractivity contribution in [2.45, 2.75) is 168 Å². The molecule has 272 valence electrons. The lowest BCUT2D eigenvalue weighted by Gasteiger charge is -2.18. The largest absolute Gasteiger partial charge is 0.469 e. The second-order valence-electron chi connectivity index (χ2n) is 12.2. The summed E-state index contributed by atoms with van der Waals surface area (Å²) < 4.78 is 26.2. The van der Waals surface area contributed by atoms with Crippen LogP contribution in [0.25, 0.3) is 0 Å². The molecule has 0 aromatic carbocycles. The van der Waals surface area contributed by atoms with Crippen molar-refractivity contribution in [3.8, 4) is 0 Å². The van der Waals surface area contributed by atoms with Crippen molar-refractivity contribution in [1.82, 2.24) is 0 Å². The van der Waals surface area contributed by atoms with Crippen LogP contribution in [0.4, 0.5) is 0 Å². The number of carbonyl (C=O) groups excluding carboxylic acids is 2. The van der Waals surface area contributed by atoms with Crippen molar-refractivity contribution in [3.05, 3.63) is 48.6 Å². The molecular weight excluding hydrogens is 615 g/mol. The van der Waals surface area contributed by atoms with E-state index in [4.69, 9.17) is 19.3 Å². The first-order valence-corrected chi connectivity index (χ1v) is 20.0. The highest BCUT2D eigenvalue weighted by molar-refractivity contribution is 7.46. The lowest BCUT2D eigenvalue weighted by molar-refractivity contribution is -0.161. The number of unbranched alkanes of at least 4 members (excludes halogenated alkanes) is 15. The number of ether oxygens (including phenoxy) is 2. The standard InChI is InChI=1S/C38H67O8P/c1-3-5-7-9-11-13-15-17-18-19-20-21-23-24-26-28-30-32-37(39)44-34-36(35-45-47(41,42)43)46-38(40)33-31-29-27-25-22-16-14-12-10-8-6-4-2/h11,13,17-18,20-21,24,26,36H,3-10,12,14-16,19,22-23,25,27-35H2,1-2H3,(H2,41,42,43)/b13-11-,18-17-,21-20-,26-24-/t36-/m1/s1. The minimum Gasteiger partial charge on any atom is -0.462 e. The summed E-state index contributed by atoms with van der Waals surface area (Å²) in [6, 6.07) is 0. The molecule has 0 rings (SSSR count). The quantitative estimate of drug-likeness (QED) is 0.0304. The van der Waals surface area contributed by atoms with Crippen LogP contribution in [0.15, 0.2) is 48.6 Å². The van der Waals surface area contributed by atoms with E-state index in [1.807, 2.05) is 6.08 Å². The Kier molecular flexibility index (Phi) is 32.5. The molecule has 0 heterocycles. The van der Waals surface area contributed by atoms with Crippen LogP contribution in [0.3, 0.4) is 0 Å². The zero-order chi connectivity index (χ0) is 34.7. The van der Waals surface area contributed by atoms with Gasteiger partial charge in [-0.25, -0.2) is 4.57 Å². The van der Waals surface area contributed by atoms with Crippen LogP contribution >= 0.6 is 7.82 Å². The predicted molar refractivity (Wildman–Crippen MR) is 193 cm³/mol. The molecule has 1 atom stereocenters. The second kappa shape index (κ2) is 33.9. The van der Waals surface area contributed by atoms with E-state index in [2.05, 4.69) is 60.9 Å². The highest BCUT2D eigenvalue weighted by atomic mass is 31.2. The monoisotopic (exact) mass is 682 g/mol. The molecule has 0 aromatic rings. The molecule has 0 aliphatic heterocycles. The van der Waals surface area contributed by atoms with Gasteiger partial charge in [0.05, 0.1) is 6.61 Å². The molecule has 0 aliphatic carbocycles. The minimum absolute atomic E-state index is 0.191. The van der Waals surface area contributed by atoms with Crippen LogP contribution in [0, 0.1) is 0 Å². The highest BCUT2D eigenvalue weighted by Gasteiger charge is 2.22. The zero-order valence-corrected chi connectivity index (χ0v) is 30.6. The van der Waals surface area contributed by atoms with Crippen molar-refractivity contribution in [3.63, 3.8) is 0 Å². The van der Waals surface area contributed by atoms with Crippen LogP contribution in [-0.4, -0.2) is 41.0 Å².